The number of para-hydroxylation sites is 2. The number of nitrogens with zero attached hydrogens (tertiary/aromatic N) is 2. The van der Waals surface area contributed by atoms with E-state index in [2.05, 4.69) is 15.0 Å². The van der Waals surface area contributed by atoms with Gasteiger partial charge in [0.15, 0.2) is 17.2 Å². The summed E-state index contributed by atoms with van der Waals surface area (Å²) in [6.07, 6.45) is -3.93. The van der Waals surface area contributed by atoms with Crippen LogP contribution in [0.3, 0.4) is 0 Å². The molecule has 4 rings (SSSR count). The zero-order chi connectivity index (χ0) is 25.0. The second-order valence-electron chi connectivity index (χ2n) is 7.24. The van der Waals surface area contributed by atoms with E-state index in [1.165, 1.54) is 37.4 Å². The first-order valence-electron chi connectivity index (χ1n) is 10.2. The summed E-state index contributed by atoms with van der Waals surface area (Å²) in [4.78, 5) is 15.2. The van der Waals surface area contributed by atoms with E-state index in [-0.39, 0.29) is 29.1 Å². The number of alkyl halides is 3. The Bertz CT molecular complexity index is 1360. The van der Waals surface area contributed by atoms with Gasteiger partial charge in [-0.05, 0) is 23.8 Å². The van der Waals surface area contributed by atoms with Gasteiger partial charge in [0.1, 0.15) is 18.5 Å². The average Bonchev–Trinajstić information content (AvgIpc) is 2.83. The second-order valence-corrected chi connectivity index (χ2v) is 7.24. The van der Waals surface area contributed by atoms with E-state index < -0.39 is 22.7 Å². The lowest BCUT2D eigenvalue weighted by atomic mass is 10.1. The van der Waals surface area contributed by atoms with Crippen molar-refractivity contribution in [3.63, 3.8) is 0 Å². The van der Waals surface area contributed by atoms with Crippen molar-refractivity contribution in [1.29, 1.82) is 0 Å². The van der Waals surface area contributed by atoms with Crippen LogP contribution in [0.4, 0.5) is 30.2 Å². The molecule has 1 N–H and O–H groups in total. The molecular formula is C24H18F3N3O5. The van der Waals surface area contributed by atoms with Crippen molar-refractivity contribution >= 4 is 28.0 Å². The van der Waals surface area contributed by atoms with Gasteiger partial charge in [-0.1, -0.05) is 42.5 Å². The normalized spacial score (nSPS) is 11.2. The van der Waals surface area contributed by atoms with Gasteiger partial charge >= 0.3 is 12.0 Å². The first-order chi connectivity index (χ1) is 16.7. The highest BCUT2D eigenvalue weighted by Crippen LogP contribution is 2.41. The maximum Gasteiger partial charge on any atom is 0.573 e. The molecule has 0 fully saturated rings. The molecule has 0 saturated carbocycles. The van der Waals surface area contributed by atoms with Crippen molar-refractivity contribution in [2.24, 2.45) is 0 Å². The van der Waals surface area contributed by atoms with Crippen LogP contribution in [0.25, 0.3) is 10.9 Å². The summed E-state index contributed by atoms with van der Waals surface area (Å²) in [7, 11) is 1.44. The van der Waals surface area contributed by atoms with Gasteiger partial charge in [0, 0.05) is 11.5 Å². The van der Waals surface area contributed by atoms with E-state index in [0.29, 0.717) is 11.3 Å². The Kier molecular flexibility index (Phi) is 6.58. The van der Waals surface area contributed by atoms with Gasteiger partial charge in [-0.15, -0.1) is 13.2 Å². The lowest BCUT2D eigenvalue weighted by molar-refractivity contribution is -0.384. The number of aromatic nitrogens is 1. The number of fused-ring (bicyclic) bond motifs is 1. The van der Waals surface area contributed by atoms with Crippen LogP contribution >= 0.6 is 0 Å². The molecule has 1 heterocycles. The Balaban J connectivity index is 1.81. The molecule has 11 heteroatoms. The number of anilines is 2. The SMILES string of the molecule is COc1cc2ncc([N+](=O)[O-])c(Nc3ccccc3OC(F)(F)F)c2cc1OCc1ccccc1. The van der Waals surface area contributed by atoms with E-state index in [4.69, 9.17) is 9.47 Å². The van der Waals surface area contributed by atoms with E-state index in [1.807, 2.05) is 30.3 Å². The third-order valence-electron chi connectivity index (χ3n) is 4.94. The maximum atomic E-state index is 12.9. The van der Waals surface area contributed by atoms with Crippen molar-refractivity contribution in [1.82, 2.24) is 4.98 Å². The molecule has 0 aliphatic carbocycles. The minimum Gasteiger partial charge on any atom is -0.493 e. The fourth-order valence-corrected chi connectivity index (χ4v) is 3.39. The largest absolute Gasteiger partial charge is 0.573 e. The molecule has 0 radical (unpaired) electrons. The predicted octanol–water partition coefficient (Wildman–Crippen LogP) is 6.37. The number of nitrogens with one attached hydrogen (secondary N) is 1. The summed E-state index contributed by atoms with van der Waals surface area (Å²) in [6, 6.07) is 17.6. The molecule has 3 aromatic carbocycles. The van der Waals surface area contributed by atoms with Crippen molar-refractivity contribution < 1.29 is 32.3 Å². The summed E-state index contributed by atoms with van der Waals surface area (Å²) >= 11 is 0. The highest BCUT2D eigenvalue weighted by Gasteiger charge is 2.32. The predicted molar refractivity (Wildman–Crippen MR) is 122 cm³/mol. The lowest BCUT2D eigenvalue weighted by Gasteiger charge is -2.17. The van der Waals surface area contributed by atoms with Crippen LogP contribution in [-0.4, -0.2) is 23.4 Å². The van der Waals surface area contributed by atoms with Gasteiger partial charge in [-0.25, -0.2) is 4.98 Å². The van der Waals surface area contributed by atoms with Crippen LogP contribution < -0.4 is 19.5 Å². The first kappa shape index (κ1) is 23.6. The topological polar surface area (TPSA) is 95.8 Å². The number of hydrogen-bond acceptors (Lipinski definition) is 7. The summed E-state index contributed by atoms with van der Waals surface area (Å²) < 4.78 is 54.0. The van der Waals surface area contributed by atoms with E-state index in [0.717, 1.165) is 17.8 Å². The van der Waals surface area contributed by atoms with Crippen molar-refractivity contribution in [3.8, 4) is 17.2 Å². The molecule has 0 bridgehead atoms. The highest BCUT2D eigenvalue weighted by atomic mass is 19.4. The third-order valence-corrected chi connectivity index (χ3v) is 4.94. The molecule has 0 unspecified atom stereocenters. The van der Waals surface area contributed by atoms with E-state index >= 15 is 0 Å². The second kappa shape index (κ2) is 9.75. The van der Waals surface area contributed by atoms with Crippen LogP contribution in [0, 0.1) is 10.1 Å². The zero-order valence-corrected chi connectivity index (χ0v) is 18.2. The van der Waals surface area contributed by atoms with Crippen LogP contribution in [0.15, 0.2) is 72.9 Å². The van der Waals surface area contributed by atoms with Crippen molar-refractivity contribution in [2.75, 3.05) is 12.4 Å². The molecule has 0 spiro atoms. The smallest absolute Gasteiger partial charge is 0.493 e. The summed E-state index contributed by atoms with van der Waals surface area (Å²) in [5, 5.41) is 14.7. The number of methoxy groups -OCH3 is 1. The fourth-order valence-electron chi connectivity index (χ4n) is 3.39. The number of ether oxygens (including phenoxy) is 3. The quantitative estimate of drug-likeness (QED) is 0.229. The number of benzene rings is 3. The molecule has 4 aromatic rings. The Morgan fingerprint density at radius 2 is 1.71 bits per heavy atom. The average molecular weight is 485 g/mol. The van der Waals surface area contributed by atoms with Crippen LogP contribution in [-0.2, 0) is 6.61 Å². The van der Waals surface area contributed by atoms with E-state index in [9.17, 15) is 23.3 Å². The summed E-state index contributed by atoms with van der Waals surface area (Å²) in [6.45, 7) is 0.191. The number of hydrogen-bond donors (Lipinski definition) is 1. The van der Waals surface area contributed by atoms with Gasteiger partial charge in [-0.2, -0.15) is 0 Å². The Morgan fingerprint density at radius 3 is 2.40 bits per heavy atom. The minimum absolute atomic E-state index is 0.0783. The molecule has 0 atom stereocenters. The standard InChI is InChI=1S/C24H18F3N3O5/c1-33-21-12-18-16(11-22(21)34-14-15-7-3-2-4-8-15)23(19(13-28-18)30(31)32)29-17-9-5-6-10-20(17)35-24(25,26)27/h2-13H,14H2,1H3,(H,28,29). The molecule has 0 aliphatic heterocycles. The number of halogens is 3. The van der Waals surface area contributed by atoms with Crippen LogP contribution in [0.2, 0.25) is 0 Å². The summed E-state index contributed by atoms with van der Waals surface area (Å²) in [5.74, 6) is 0.0592. The van der Waals surface area contributed by atoms with Gasteiger partial charge in [0.25, 0.3) is 0 Å². The molecule has 0 aliphatic rings. The molecule has 0 saturated heterocycles. The zero-order valence-electron chi connectivity index (χ0n) is 18.2. The number of rotatable bonds is 8. The minimum atomic E-state index is -4.95. The Hall–Kier alpha value is -4.54. The van der Waals surface area contributed by atoms with Gasteiger partial charge in [0.05, 0.1) is 23.2 Å². The molecule has 8 nitrogen and oxygen atoms in total. The lowest BCUT2D eigenvalue weighted by Crippen LogP contribution is -2.18. The monoisotopic (exact) mass is 485 g/mol. The highest BCUT2D eigenvalue weighted by molar-refractivity contribution is 5.99. The van der Waals surface area contributed by atoms with Gasteiger partial charge < -0.3 is 19.5 Å². The Labute approximate surface area is 197 Å². The molecule has 1 aromatic heterocycles. The third kappa shape index (κ3) is 5.52. The molecular weight excluding hydrogens is 467 g/mol. The van der Waals surface area contributed by atoms with Crippen molar-refractivity contribution in [2.45, 2.75) is 13.0 Å². The van der Waals surface area contributed by atoms with E-state index in [1.54, 1.807) is 0 Å². The van der Waals surface area contributed by atoms with Gasteiger partial charge in [-0.3, -0.25) is 10.1 Å². The molecule has 0 amide bonds. The first-order valence-corrected chi connectivity index (χ1v) is 10.2. The Morgan fingerprint density at radius 1 is 1.00 bits per heavy atom. The molecule has 35 heavy (non-hydrogen) atoms. The van der Waals surface area contributed by atoms with Crippen LogP contribution in [0.1, 0.15) is 5.56 Å². The van der Waals surface area contributed by atoms with Crippen molar-refractivity contribution in [3.05, 3.63) is 88.6 Å². The van der Waals surface area contributed by atoms with Crippen LogP contribution in [0.5, 0.6) is 17.2 Å². The summed E-state index contributed by atoms with van der Waals surface area (Å²) in [5.41, 5.74) is 0.534. The van der Waals surface area contributed by atoms with Gasteiger partial charge in [0.2, 0.25) is 0 Å². The molecule has 180 valence electrons. The number of pyridine rings is 1. The maximum absolute atomic E-state index is 12.9. The fraction of sp³-hybridized carbons (Fsp3) is 0.125. The number of nitro groups is 1.